The minimum Gasteiger partial charge on any atom is -0.389 e. The Labute approximate surface area is 250 Å². The fraction of sp³-hybridized carbons (Fsp3) is 0.500. The zero-order valence-electron chi connectivity index (χ0n) is 24.4. The number of hydrogen-bond acceptors (Lipinski definition) is 9. The number of amidine groups is 1. The Bertz CT molecular complexity index is 1520. The summed E-state index contributed by atoms with van der Waals surface area (Å²) in [6, 6.07) is 6.12. The molecule has 1 unspecified atom stereocenters. The quantitative estimate of drug-likeness (QED) is 0.309. The van der Waals surface area contributed by atoms with Crippen molar-refractivity contribution in [2.45, 2.75) is 38.5 Å². The van der Waals surface area contributed by atoms with Crippen LogP contribution in [0, 0.1) is 23.2 Å². The van der Waals surface area contributed by atoms with Crippen LogP contribution in [-0.4, -0.2) is 91.8 Å². The van der Waals surface area contributed by atoms with Crippen molar-refractivity contribution in [3.63, 3.8) is 0 Å². The molecule has 12 heteroatoms. The van der Waals surface area contributed by atoms with Gasteiger partial charge in [-0.2, -0.15) is 10.3 Å². The number of aliphatic imine (C=N–C) groups is 1. The number of carbonyl (C=O) groups excluding carboxylic acids is 2. The van der Waals surface area contributed by atoms with Crippen molar-refractivity contribution in [3.05, 3.63) is 33.8 Å². The summed E-state index contributed by atoms with van der Waals surface area (Å²) >= 11 is 1.38. The number of nitrogens with zero attached hydrogens (tertiary/aromatic N) is 7. The predicted molar refractivity (Wildman–Crippen MR) is 166 cm³/mol. The topological polar surface area (TPSA) is 148 Å². The molecular formula is C30H37N9O2S. The molecule has 0 bridgehead atoms. The van der Waals surface area contributed by atoms with E-state index >= 15 is 0 Å². The summed E-state index contributed by atoms with van der Waals surface area (Å²) in [6.07, 6.45) is 2.15. The van der Waals surface area contributed by atoms with Gasteiger partial charge in [-0.25, -0.2) is 4.98 Å². The van der Waals surface area contributed by atoms with E-state index < -0.39 is 11.3 Å². The smallest absolute Gasteiger partial charge is 0.298 e. The van der Waals surface area contributed by atoms with E-state index in [1.165, 1.54) is 11.3 Å². The first-order valence-corrected chi connectivity index (χ1v) is 15.1. The Kier molecular flexibility index (Phi) is 8.39. The van der Waals surface area contributed by atoms with Gasteiger partial charge in [0.25, 0.3) is 11.8 Å². The number of nitriles is 1. The molecule has 2 saturated heterocycles. The number of aromatic nitrogens is 1. The molecular weight excluding hydrogens is 550 g/mol. The molecule has 4 heterocycles. The van der Waals surface area contributed by atoms with E-state index in [9.17, 15) is 14.9 Å². The Morgan fingerprint density at radius 1 is 1.10 bits per heavy atom. The number of anilines is 3. The Hall–Kier alpha value is -4.13. The van der Waals surface area contributed by atoms with Crippen LogP contribution in [0.25, 0.3) is 0 Å². The van der Waals surface area contributed by atoms with Gasteiger partial charge in [-0.05, 0) is 52.1 Å². The summed E-state index contributed by atoms with van der Waals surface area (Å²) in [5, 5.41) is 10.2. The Morgan fingerprint density at radius 2 is 1.79 bits per heavy atom. The van der Waals surface area contributed by atoms with Crippen LogP contribution in [0.15, 0.2) is 17.1 Å². The number of carbonyl (C=O) groups is 2. The highest BCUT2D eigenvalue weighted by molar-refractivity contribution is 7.16. The van der Waals surface area contributed by atoms with Crippen LogP contribution in [0.2, 0.25) is 0 Å². The van der Waals surface area contributed by atoms with E-state index in [-0.39, 0.29) is 11.7 Å². The number of fused-ring (bicyclic) bond motifs is 1. The van der Waals surface area contributed by atoms with Crippen molar-refractivity contribution < 1.29 is 9.59 Å². The monoisotopic (exact) mass is 587 g/mol. The highest BCUT2D eigenvalue weighted by Gasteiger charge is 2.43. The molecule has 2 aromatic rings. The molecule has 0 spiro atoms. The van der Waals surface area contributed by atoms with Crippen LogP contribution in [0.1, 0.15) is 48.4 Å². The maximum absolute atomic E-state index is 13.8. The summed E-state index contributed by atoms with van der Waals surface area (Å²) < 4.78 is 0. The molecule has 5 rings (SSSR count). The minimum atomic E-state index is -0.987. The molecule has 42 heavy (non-hydrogen) atoms. The van der Waals surface area contributed by atoms with Crippen LogP contribution in [-0.2, 0) is 21.4 Å². The second-order valence-corrected chi connectivity index (χ2v) is 12.4. The first kappa shape index (κ1) is 29.4. The van der Waals surface area contributed by atoms with Crippen LogP contribution in [0.4, 0.5) is 16.5 Å². The summed E-state index contributed by atoms with van der Waals surface area (Å²) in [7, 11) is 2.10. The maximum atomic E-state index is 13.8. The van der Waals surface area contributed by atoms with Crippen LogP contribution in [0.5, 0.6) is 0 Å². The van der Waals surface area contributed by atoms with Gasteiger partial charge in [0.05, 0.1) is 11.0 Å². The van der Waals surface area contributed by atoms with Gasteiger partial charge >= 0.3 is 0 Å². The van der Waals surface area contributed by atoms with E-state index in [1.54, 1.807) is 11.8 Å². The first-order chi connectivity index (χ1) is 20.1. The molecule has 2 aromatic heterocycles. The van der Waals surface area contributed by atoms with Crippen molar-refractivity contribution in [1.82, 2.24) is 14.8 Å². The number of rotatable bonds is 4. The number of likely N-dealkylation sites (N-methyl/N-ethyl adjacent to an activating group) is 1. The molecule has 0 radical (unpaired) electrons. The Morgan fingerprint density at radius 3 is 2.45 bits per heavy atom. The van der Waals surface area contributed by atoms with E-state index in [0.717, 1.165) is 55.4 Å². The van der Waals surface area contributed by atoms with Crippen molar-refractivity contribution in [1.29, 1.82) is 5.26 Å². The fourth-order valence-corrected chi connectivity index (χ4v) is 7.16. The van der Waals surface area contributed by atoms with E-state index in [0.29, 0.717) is 54.4 Å². The van der Waals surface area contributed by atoms with Crippen molar-refractivity contribution in [3.8, 4) is 17.9 Å². The lowest BCUT2D eigenvalue weighted by Crippen LogP contribution is -2.48. The zero-order chi connectivity index (χ0) is 30.0. The number of thiophene rings is 1. The van der Waals surface area contributed by atoms with Gasteiger partial charge in [0.1, 0.15) is 22.6 Å². The molecule has 1 atom stereocenters. The van der Waals surface area contributed by atoms with Crippen LogP contribution < -0.4 is 21.3 Å². The van der Waals surface area contributed by atoms with Gasteiger partial charge in [-0.3, -0.25) is 9.59 Å². The molecule has 0 saturated carbocycles. The maximum Gasteiger partial charge on any atom is 0.298 e. The summed E-state index contributed by atoms with van der Waals surface area (Å²) in [5.41, 5.74) is 14.1. The Balaban J connectivity index is 1.47. The number of aryl methyl sites for hydroxylation is 1. The molecule has 220 valence electrons. The lowest BCUT2D eigenvalue weighted by molar-refractivity contribution is -0.125. The molecule has 2 amide bonds. The van der Waals surface area contributed by atoms with Gasteiger partial charge in [0, 0.05) is 74.6 Å². The predicted octanol–water partition coefficient (Wildman–Crippen LogP) is 1.55. The summed E-state index contributed by atoms with van der Waals surface area (Å²) in [4.78, 5) is 44.8. The third-order valence-corrected chi connectivity index (χ3v) is 9.58. The molecule has 2 fully saturated rings. The number of nitrogen functional groups attached to an aromatic ring is 1. The standard InChI is InChI=1S/C30H37N9O2S/c1-4-6-25(40)39-15-13-37(14-16-39)20-17-22(34-24(18-20)38-11-9-36(3)10-12-38)27(32)35-29(41)30(2)8-5-7-23-26(30)21(19-31)28(33)42-23/h17-18H,5,7-16,33H2,1-3H3,(H2,32,35,41). The third kappa shape index (κ3) is 5.65. The highest BCUT2D eigenvalue weighted by Crippen LogP contribution is 2.46. The van der Waals surface area contributed by atoms with E-state index in [2.05, 4.69) is 50.7 Å². The van der Waals surface area contributed by atoms with Gasteiger partial charge in [0.15, 0.2) is 5.84 Å². The minimum absolute atomic E-state index is 0.0410. The van der Waals surface area contributed by atoms with Gasteiger partial charge in [0.2, 0.25) is 0 Å². The van der Waals surface area contributed by atoms with Gasteiger partial charge in [-0.1, -0.05) is 5.92 Å². The van der Waals surface area contributed by atoms with Crippen LogP contribution >= 0.6 is 11.3 Å². The van der Waals surface area contributed by atoms with E-state index in [4.69, 9.17) is 16.5 Å². The fourth-order valence-electron chi connectivity index (χ4n) is 5.97. The van der Waals surface area contributed by atoms with Crippen molar-refractivity contribution in [2.75, 3.05) is 74.9 Å². The van der Waals surface area contributed by atoms with Gasteiger partial charge in [-0.15, -0.1) is 11.3 Å². The number of nitrogens with two attached hydrogens (primary N) is 2. The average molecular weight is 588 g/mol. The number of pyridine rings is 1. The molecule has 2 aliphatic heterocycles. The SMILES string of the molecule is CC#CC(=O)N1CCN(c2cc(C(N)=NC(=O)C3(C)CCCc4sc(N)c(C#N)c43)nc(N3CCN(C)CC3)c2)CC1. The number of hydrogen-bond donors (Lipinski definition) is 2. The molecule has 4 N–H and O–H groups in total. The van der Waals surface area contributed by atoms with E-state index in [1.807, 2.05) is 13.0 Å². The number of amides is 2. The molecule has 0 aromatic carbocycles. The van der Waals surface area contributed by atoms with Crippen LogP contribution in [0.3, 0.4) is 0 Å². The normalized spacial score (nSPS) is 21.3. The van der Waals surface area contributed by atoms with Gasteiger partial charge < -0.3 is 31.1 Å². The third-order valence-electron chi connectivity index (χ3n) is 8.50. The first-order valence-electron chi connectivity index (χ1n) is 14.3. The summed E-state index contributed by atoms with van der Waals surface area (Å²) in [5.74, 6) is 5.57. The average Bonchev–Trinajstić information content (AvgIpc) is 3.33. The second-order valence-electron chi connectivity index (χ2n) is 11.3. The molecule has 11 nitrogen and oxygen atoms in total. The van der Waals surface area contributed by atoms with Crippen molar-refractivity contribution >= 4 is 45.5 Å². The molecule has 1 aliphatic carbocycles. The number of piperazine rings is 2. The lowest BCUT2D eigenvalue weighted by Gasteiger charge is -2.37. The summed E-state index contributed by atoms with van der Waals surface area (Å²) in [6.45, 7) is 9.34. The largest absolute Gasteiger partial charge is 0.389 e. The molecule has 3 aliphatic rings. The highest BCUT2D eigenvalue weighted by atomic mass is 32.1. The lowest BCUT2D eigenvalue weighted by atomic mass is 9.72. The second kappa shape index (κ2) is 12.0. The zero-order valence-corrected chi connectivity index (χ0v) is 25.3. The van der Waals surface area contributed by atoms with Crippen molar-refractivity contribution in [2.24, 2.45) is 10.7 Å².